The van der Waals surface area contributed by atoms with Crippen molar-refractivity contribution < 1.29 is 9.59 Å². The van der Waals surface area contributed by atoms with E-state index in [1.165, 1.54) is 12.3 Å². The van der Waals surface area contributed by atoms with Crippen LogP contribution in [0.4, 0.5) is 0 Å². The number of hydrogen-bond acceptors (Lipinski definition) is 3. The Balaban J connectivity index is 1.83. The minimum Gasteiger partial charge on any atom is -0.383 e. The highest BCUT2D eigenvalue weighted by Crippen LogP contribution is 2.01. The minimum atomic E-state index is -0.0924. The lowest BCUT2D eigenvalue weighted by atomic mass is 10.1. The fourth-order valence-electron chi connectivity index (χ4n) is 1.71. The van der Waals surface area contributed by atoms with Crippen molar-refractivity contribution in [3.05, 3.63) is 84.1 Å². The van der Waals surface area contributed by atoms with Gasteiger partial charge in [0.15, 0.2) is 11.6 Å². The molecule has 0 radical (unpaired) electrons. The van der Waals surface area contributed by atoms with Gasteiger partial charge >= 0.3 is 0 Å². The van der Waals surface area contributed by atoms with E-state index >= 15 is 0 Å². The molecular weight excluding hydrogens is 250 g/mol. The predicted molar refractivity (Wildman–Crippen MR) is 78.7 cm³/mol. The molecule has 3 heteroatoms. The van der Waals surface area contributed by atoms with Crippen molar-refractivity contribution in [3.63, 3.8) is 0 Å². The van der Waals surface area contributed by atoms with Crippen molar-refractivity contribution in [1.29, 1.82) is 0 Å². The first-order valence-corrected chi connectivity index (χ1v) is 6.35. The van der Waals surface area contributed by atoms with E-state index in [4.69, 9.17) is 0 Å². The lowest BCUT2D eigenvalue weighted by molar-refractivity contribution is 0.0992. The molecule has 2 rings (SSSR count). The van der Waals surface area contributed by atoms with Crippen molar-refractivity contribution >= 4 is 11.6 Å². The molecule has 0 aromatic heterocycles. The van der Waals surface area contributed by atoms with Gasteiger partial charge in [-0.3, -0.25) is 9.59 Å². The molecule has 0 saturated carbocycles. The summed E-state index contributed by atoms with van der Waals surface area (Å²) in [5.74, 6) is -0.104. The lowest BCUT2D eigenvalue weighted by Crippen LogP contribution is -2.18. The second kappa shape index (κ2) is 7.04. The molecule has 2 aromatic carbocycles. The molecule has 0 fully saturated rings. The van der Waals surface area contributed by atoms with Gasteiger partial charge in [0, 0.05) is 23.4 Å². The molecule has 0 unspecified atom stereocenters. The highest BCUT2D eigenvalue weighted by molar-refractivity contribution is 6.04. The Morgan fingerprint density at radius 1 is 0.850 bits per heavy atom. The molecule has 0 saturated heterocycles. The van der Waals surface area contributed by atoms with Gasteiger partial charge in [-0.15, -0.1) is 0 Å². The minimum absolute atomic E-state index is 0.0117. The number of allylic oxidation sites excluding steroid dienone is 1. The maximum absolute atomic E-state index is 11.8. The maximum Gasteiger partial charge on any atom is 0.187 e. The molecule has 0 bridgehead atoms. The summed E-state index contributed by atoms with van der Waals surface area (Å²) in [5.41, 5.74) is 1.28. The van der Waals surface area contributed by atoms with E-state index in [9.17, 15) is 9.59 Å². The third kappa shape index (κ3) is 3.92. The molecule has 100 valence electrons. The highest BCUT2D eigenvalue weighted by atomic mass is 16.1. The molecule has 0 aliphatic carbocycles. The van der Waals surface area contributed by atoms with Gasteiger partial charge in [-0.05, 0) is 0 Å². The van der Waals surface area contributed by atoms with Crippen LogP contribution in [0.15, 0.2) is 72.9 Å². The van der Waals surface area contributed by atoms with Crippen molar-refractivity contribution in [3.8, 4) is 0 Å². The summed E-state index contributed by atoms with van der Waals surface area (Å²) in [4.78, 5) is 23.5. The molecular formula is C17H15NO2. The molecule has 0 heterocycles. The third-order valence-corrected chi connectivity index (χ3v) is 2.77. The zero-order chi connectivity index (χ0) is 14.2. The number of carbonyl (C=O) groups excluding carboxylic acids is 2. The predicted octanol–water partition coefficient (Wildman–Crippen LogP) is 2.86. The normalized spacial score (nSPS) is 10.4. The van der Waals surface area contributed by atoms with Crippen LogP contribution in [0, 0.1) is 0 Å². The van der Waals surface area contributed by atoms with Crippen LogP contribution in [0.5, 0.6) is 0 Å². The van der Waals surface area contributed by atoms with Crippen LogP contribution in [0.1, 0.15) is 20.7 Å². The largest absolute Gasteiger partial charge is 0.383 e. The number of rotatable bonds is 6. The van der Waals surface area contributed by atoms with Crippen LogP contribution in [-0.2, 0) is 0 Å². The van der Waals surface area contributed by atoms with E-state index in [-0.39, 0.29) is 18.1 Å². The number of hydrogen-bond donors (Lipinski definition) is 1. The van der Waals surface area contributed by atoms with Crippen LogP contribution in [0.3, 0.4) is 0 Å². The molecule has 0 atom stereocenters. The van der Waals surface area contributed by atoms with Gasteiger partial charge in [-0.25, -0.2) is 0 Å². The van der Waals surface area contributed by atoms with E-state index in [0.717, 1.165) is 0 Å². The third-order valence-electron chi connectivity index (χ3n) is 2.77. The summed E-state index contributed by atoms with van der Waals surface area (Å²) < 4.78 is 0. The number of nitrogens with one attached hydrogen (secondary N) is 1. The molecule has 3 nitrogen and oxygen atoms in total. The van der Waals surface area contributed by atoms with E-state index in [1.807, 2.05) is 36.4 Å². The van der Waals surface area contributed by atoms with E-state index in [1.54, 1.807) is 24.3 Å². The molecule has 2 aromatic rings. The topological polar surface area (TPSA) is 46.2 Å². The Kier molecular flexibility index (Phi) is 4.84. The molecule has 1 N–H and O–H groups in total. The van der Waals surface area contributed by atoms with Crippen molar-refractivity contribution in [1.82, 2.24) is 5.32 Å². The van der Waals surface area contributed by atoms with Gasteiger partial charge < -0.3 is 5.32 Å². The van der Waals surface area contributed by atoms with E-state index < -0.39 is 0 Å². The lowest BCUT2D eigenvalue weighted by Gasteiger charge is -2.00. The van der Waals surface area contributed by atoms with E-state index in [0.29, 0.717) is 11.1 Å². The first-order valence-electron chi connectivity index (χ1n) is 6.35. The first kappa shape index (κ1) is 13.7. The number of benzene rings is 2. The van der Waals surface area contributed by atoms with Crippen molar-refractivity contribution in [2.45, 2.75) is 0 Å². The van der Waals surface area contributed by atoms with E-state index in [2.05, 4.69) is 5.32 Å². The fourth-order valence-corrected chi connectivity index (χ4v) is 1.71. The van der Waals surface area contributed by atoms with Gasteiger partial charge in [0.25, 0.3) is 0 Å². The summed E-state index contributed by atoms with van der Waals surface area (Å²) >= 11 is 0. The van der Waals surface area contributed by atoms with Crippen LogP contribution in [0.2, 0.25) is 0 Å². The van der Waals surface area contributed by atoms with Gasteiger partial charge in [-0.2, -0.15) is 0 Å². The Morgan fingerprint density at radius 3 is 2.00 bits per heavy atom. The molecule has 0 amide bonds. The van der Waals surface area contributed by atoms with Crippen LogP contribution in [0.25, 0.3) is 0 Å². The number of carbonyl (C=O) groups is 2. The summed E-state index contributed by atoms with van der Waals surface area (Å²) in [6, 6.07) is 18.0. The van der Waals surface area contributed by atoms with Gasteiger partial charge in [0.2, 0.25) is 0 Å². The monoisotopic (exact) mass is 265 g/mol. The molecule has 20 heavy (non-hydrogen) atoms. The summed E-state index contributed by atoms with van der Waals surface area (Å²) in [6.07, 6.45) is 2.93. The standard InChI is InChI=1S/C17H15NO2/c19-16(14-7-3-1-4-8-14)11-12-18-13-17(20)15-9-5-2-6-10-15/h1-12,18H,13H2/b12-11+. The van der Waals surface area contributed by atoms with Crippen molar-refractivity contribution in [2.75, 3.05) is 6.54 Å². The Morgan fingerprint density at radius 2 is 1.40 bits per heavy atom. The average Bonchev–Trinajstić information content (AvgIpc) is 2.53. The zero-order valence-electron chi connectivity index (χ0n) is 11.0. The highest BCUT2D eigenvalue weighted by Gasteiger charge is 2.03. The Hall–Kier alpha value is -2.68. The summed E-state index contributed by atoms with van der Waals surface area (Å²) in [7, 11) is 0. The van der Waals surface area contributed by atoms with Crippen LogP contribution in [-0.4, -0.2) is 18.1 Å². The SMILES string of the molecule is O=C(/C=C/NCC(=O)c1ccccc1)c1ccccc1. The van der Waals surface area contributed by atoms with Gasteiger partial charge in [0.1, 0.15) is 0 Å². The summed E-state index contributed by atoms with van der Waals surface area (Å²) in [6.45, 7) is 0.169. The maximum atomic E-state index is 11.8. The zero-order valence-corrected chi connectivity index (χ0v) is 11.0. The number of Topliss-reactive ketones (excluding diaryl/α,β-unsaturated/α-hetero) is 1. The smallest absolute Gasteiger partial charge is 0.187 e. The fraction of sp³-hybridized carbons (Fsp3) is 0.0588. The Labute approximate surface area is 117 Å². The first-order chi connectivity index (χ1) is 9.77. The average molecular weight is 265 g/mol. The second-order valence-electron chi connectivity index (χ2n) is 4.23. The second-order valence-corrected chi connectivity index (χ2v) is 4.23. The van der Waals surface area contributed by atoms with Crippen LogP contribution >= 0.6 is 0 Å². The molecule has 0 aliphatic heterocycles. The summed E-state index contributed by atoms with van der Waals surface area (Å²) in [5, 5.41) is 2.83. The molecule has 0 aliphatic rings. The number of ketones is 2. The quantitative estimate of drug-likeness (QED) is 0.645. The van der Waals surface area contributed by atoms with Crippen LogP contribution < -0.4 is 5.32 Å². The molecule has 0 spiro atoms. The van der Waals surface area contributed by atoms with Gasteiger partial charge in [-0.1, -0.05) is 60.7 Å². The Bertz CT molecular complexity index is 603. The van der Waals surface area contributed by atoms with Crippen molar-refractivity contribution in [2.24, 2.45) is 0 Å². The van der Waals surface area contributed by atoms with Gasteiger partial charge in [0.05, 0.1) is 6.54 Å².